The molecule has 9 heteroatoms. The van der Waals surface area contributed by atoms with Crippen LogP contribution in [0.2, 0.25) is 0 Å². The molecule has 0 spiro atoms. The molecule has 2 aromatic carbocycles. The van der Waals surface area contributed by atoms with Crippen LogP contribution in [-0.4, -0.2) is 45.5 Å². The van der Waals surface area contributed by atoms with Gasteiger partial charge < -0.3 is 14.8 Å². The minimum atomic E-state index is -0.371. The summed E-state index contributed by atoms with van der Waals surface area (Å²) < 4.78 is 26.4. The van der Waals surface area contributed by atoms with Crippen molar-refractivity contribution >= 4 is 11.6 Å². The summed E-state index contributed by atoms with van der Waals surface area (Å²) in [6.07, 6.45) is 0. The molecule has 1 N–H and O–H groups in total. The largest absolute Gasteiger partial charge is 0.483 e. The van der Waals surface area contributed by atoms with Crippen LogP contribution in [-0.2, 0) is 4.79 Å². The predicted octanol–water partition coefficient (Wildman–Crippen LogP) is 3.63. The Balaban J connectivity index is 1.30. The third kappa shape index (κ3) is 5.43. The first-order valence-corrected chi connectivity index (χ1v) is 10.6. The van der Waals surface area contributed by atoms with Gasteiger partial charge in [-0.1, -0.05) is 44.2 Å². The van der Waals surface area contributed by atoms with E-state index in [4.69, 9.17) is 9.47 Å². The van der Waals surface area contributed by atoms with E-state index in [2.05, 4.69) is 34.5 Å². The van der Waals surface area contributed by atoms with Gasteiger partial charge in [-0.15, -0.1) is 15.3 Å². The molecule has 1 amide bonds. The zero-order valence-corrected chi connectivity index (χ0v) is 18.4. The Labute approximate surface area is 190 Å². The highest BCUT2D eigenvalue weighted by atomic mass is 19.1. The zero-order chi connectivity index (χ0) is 23.2. The number of para-hydroxylation sites is 1. The fourth-order valence-electron chi connectivity index (χ4n) is 3.29. The summed E-state index contributed by atoms with van der Waals surface area (Å²) in [5, 5.41) is 15.3. The van der Waals surface area contributed by atoms with Gasteiger partial charge in [0.1, 0.15) is 18.2 Å². The van der Waals surface area contributed by atoms with E-state index in [-0.39, 0.29) is 31.5 Å². The van der Waals surface area contributed by atoms with Gasteiger partial charge in [0, 0.05) is 11.6 Å². The van der Waals surface area contributed by atoms with E-state index in [0.717, 1.165) is 5.56 Å². The first kappa shape index (κ1) is 22.2. The Kier molecular flexibility index (Phi) is 6.77. The van der Waals surface area contributed by atoms with Gasteiger partial charge in [0.05, 0.1) is 6.54 Å². The van der Waals surface area contributed by atoms with Gasteiger partial charge in [-0.25, -0.2) is 4.39 Å². The number of ether oxygens (including phenoxy) is 2. The van der Waals surface area contributed by atoms with E-state index in [0.29, 0.717) is 34.6 Å². The van der Waals surface area contributed by atoms with Gasteiger partial charge in [-0.3, -0.25) is 4.79 Å². The molecule has 0 saturated heterocycles. The van der Waals surface area contributed by atoms with E-state index < -0.39 is 0 Å². The lowest BCUT2D eigenvalue weighted by Gasteiger charge is -2.13. The van der Waals surface area contributed by atoms with Gasteiger partial charge in [0.2, 0.25) is 5.88 Å². The average molecular weight is 449 g/mol. The topological polar surface area (TPSA) is 90.6 Å². The van der Waals surface area contributed by atoms with Crippen molar-refractivity contribution in [3.63, 3.8) is 0 Å². The Hall–Kier alpha value is -4.01. The predicted molar refractivity (Wildman–Crippen MR) is 121 cm³/mol. The summed E-state index contributed by atoms with van der Waals surface area (Å²) in [5.74, 6) is 1.13. The van der Waals surface area contributed by atoms with Crippen LogP contribution in [0.25, 0.3) is 17.0 Å². The van der Waals surface area contributed by atoms with Crippen molar-refractivity contribution in [3.8, 4) is 23.0 Å². The zero-order valence-electron chi connectivity index (χ0n) is 18.4. The molecule has 0 atom stereocenters. The highest BCUT2D eigenvalue weighted by Gasteiger charge is 2.12. The number of nitrogens with one attached hydrogen (secondary N) is 1. The monoisotopic (exact) mass is 449 g/mol. The second kappa shape index (κ2) is 10.1. The number of rotatable bonds is 9. The van der Waals surface area contributed by atoms with Crippen molar-refractivity contribution < 1.29 is 18.7 Å². The summed E-state index contributed by atoms with van der Waals surface area (Å²) in [6, 6.07) is 17.1. The maximum Gasteiger partial charge on any atom is 0.258 e. The van der Waals surface area contributed by atoms with Crippen molar-refractivity contribution in [3.05, 3.63) is 72.0 Å². The first-order chi connectivity index (χ1) is 16.0. The van der Waals surface area contributed by atoms with Crippen LogP contribution in [0.5, 0.6) is 11.6 Å². The third-order valence-corrected chi connectivity index (χ3v) is 4.90. The lowest BCUT2D eigenvalue weighted by atomic mass is 10.0. The molecule has 0 aliphatic heterocycles. The normalized spacial score (nSPS) is 11.0. The summed E-state index contributed by atoms with van der Waals surface area (Å²) in [4.78, 5) is 12.1. The highest BCUT2D eigenvalue weighted by Crippen LogP contribution is 2.25. The average Bonchev–Trinajstić information content (AvgIpc) is 3.24. The lowest BCUT2D eigenvalue weighted by Crippen LogP contribution is -2.32. The number of carbonyl (C=O) groups excluding carboxylic acids is 1. The molecule has 0 aliphatic rings. The minimum Gasteiger partial charge on any atom is -0.483 e. The van der Waals surface area contributed by atoms with Crippen molar-refractivity contribution in [2.45, 2.75) is 19.8 Å². The van der Waals surface area contributed by atoms with E-state index in [1.807, 2.05) is 24.3 Å². The molecule has 0 fully saturated rings. The second-order valence-corrected chi connectivity index (χ2v) is 7.66. The fourth-order valence-corrected chi connectivity index (χ4v) is 3.29. The molecule has 0 aliphatic carbocycles. The van der Waals surface area contributed by atoms with E-state index in [1.165, 1.54) is 16.6 Å². The summed E-state index contributed by atoms with van der Waals surface area (Å²) in [6.45, 7) is 4.57. The van der Waals surface area contributed by atoms with Gasteiger partial charge >= 0.3 is 0 Å². The molecule has 2 aromatic heterocycles. The van der Waals surface area contributed by atoms with Crippen LogP contribution in [0.1, 0.15) is 25.3 Å². The van der Waals surface area contributed by atoms with Crippen molar-refractivity contribution in [1.82, 2.24) is 25.1 Å². The van der Waals surface area contributed by atoms with E-state index in [9.17, 15) is 9.18 Å². The number of amides is 1. The van der Waals surface area contributed by atoms with Crippen molar-refractivity contribution in [2.24, 2.45) is 0 Å². The smallest absolute Gasteiger partial charge is 0.258 e. The molecule has 8 nitrogen and oxygen atoms in total. The Morgan fingerprint density at radius 2 is 1.91 bits per heavy atom. The number of halogens is 1. The number of nitrogens with zero attached hydrogens (tertiary/aromatic N) is 4. The molecular weight excluding hydrogens is 425 g/mol. The molecule has 4 rings (SSSR count). The molecule has 0 radical (unpaired) electrons. The van der Waals surface area contributed by atoms with Crippen LogP contribution in [0.4, 0.5) is 4.39 Å². The van der Waals surface area contributed by atoms with Gasteiger partial charge in [0.15, 0.2) is 18.1 Å². The van der Waals surface area contributed by atoms with Crippen LogP contribution in [0.3, 0.4) is 0 Å². The van der Waals surface area contributed by atoms with Gasteiger partial charge in [-0.2, -0.15) is 4.52 Å². The molecule has 2 heterocycles. The summed E-state index contributed by atoms with van der Waals surface area (Å²) in [7, 11) is 0. The van der Waals surface area contributed by atoms with Crippen molar-refractivity contribution in [1.29, 1.82) is 0 Å². The number of hydrogen-bond donors (Lipinski definition) is 1. The van der Waals surface area contributed by atoms with Crippen LogP contribution in [0.15, 0.2) is 60.7 Å². The maximum absolute atomic E-state index is 13.6. The van der Waals surface area contributed by atoms with Gasteiger partial charge in [-0.05, 0) is 35.7 Å². The molecule has 170 valence electrons. The Bertz CT molecular complexity index is 1260. The number of aromatic nitrogens is 4. The Morgan fingerprint density at radius 3 is 2.73 bits per heavy atom. The molecule has 0 saturated carbocycles. The van der Waals surface area contributed by atoms with E-state index in [1.54, 1.807) is 24.3 Å². The quantitative estimate of drug-likeness (QED) is 0.393. The van der Waals surface area contributed by atoms with Crippen LogP contribution < -0.4 is 14.8 Å². The fraction of sp³-hybridized carbons (Fsp3) is 0.250. The number of fused-ring (bicyclic) bond motifs is 1. The number of carbonyl (C=O) groups is 1. The minimum absolute atomic E-state index is 0.0777. The summed E-state index contributed by atoms with van der Waals surface area (Å²) >= 11 is 0. The standard InChI is InChI=1S/C24H24FN5O3/c1-16(2)19-8-3-4-9-20(19)33-15-22(31)26-12-13-32-23-11-10-21-27-28-24(30(21)29-23)17-6-5-7-18(25)14-17/h3-11,14,16H,12-13,15H2,1-2H3,(H,26,31). The highest BCUT2D eigenvalue weighted by molar-refractivity contribution is 5.77. The van der Waals surface area contributed by atoms with E-state index >= 15 is 0 Å². The molecule has 4 aromatic rings. The van der Waals surface area contributed by atoms with Crippen molar-refractivity contribution in [2.75, 3.05) is 19.8 Å². The van der Waals surface area contributed by atoms with Crippen LogP contribution in [0, 0.1) is 5.82 Å². The third-order valence-electron chi connectivity index (χ3n) is 4.90. The second-order valence-electron chi connectivity index (χ2n) is 7.66. The number of hydrogen-bond acceptors (Lipinski definition) is 6. The van der Waals surface area contributed by atoms with Gasteiger partial charge in [0.25, 0.3) is 5.91 Å². The maximum atomic E-state index is 13.6. The molecule has 0 unspecified atom stereocenters. The SMILES string of the molecule is CC(C)c1ccccc1OCC(=O)NCCOc1ccc2nnc(-c3cccc(F)c3)n2n1. The van der Waals surface area contributed by atoms with Crippen LogP contribution >= 0.6 is 0 Å². The molecular formula is C24H24FN5O3. The lowest BCUT2D eigenvalue weighted by molar-refractivity contribution is -0.123. The number of benzene rings is 2. The summed E-state index contributed by atoms with van der Waals surface area (Å²) in [5.41, 5.74) is 2.12. The first-order valence-electron chi connectivity index (χ1n) is 10.6. The molecule has 33 heavy (non-hydrogen) atoms. The Morgan fingerprint density at radius 1 is 1.06 bits per heavy atom. The molecule has 0 bridgehead atoms.